The van der Waals surface area contributed by atoms with Crippen molar-refractivity contribution in [3.63, 3.8) is 0 Å². The number of aryl methyl sites for hydroxylation is 1. The van der Waals surface area contributed by atoms with Crippen molar-refractivity contribution in [1.82, 2.24) is 9.29 Å². The Morgan fingerprint density at radius 2 is 1.84 bits per heavy atom. The van der Waals surface area contributed by atoms with Crippen molar-refractivity contribution >= 4 is 28.7 Å². The summed E-state index contributed by atoms with van der Waals surface area (Å²) in [5, 5.41) is 0.561. The monoisotopic (exact) mass is 470 g/mol. The summed E-state index contributed by atoms with van der Waals surface area (Å²) < 4.78 is 17.0. The van der Waals surface area contributed by atoms with Crippen molar-refractivity contribution in [3.05, 3.63) is 92.9 Å². The molecule has 1 N–H and O–H groups in total. The number of ketones is 1. The zero-order valence-electron chi connectivity index (χ0n) is 18.4. The molecule has 0 radical (unpaired) electrons. The van der Waals surface area contributed by atoms with E-state index in [2.05, 4.69) is 4.72 Å². The predicted octanol–water partition coefficient (Wildman–Crippen LogP) is 5.05. The average Bonchev–Trinajstić information content (AvgIpc) is 2.79. The third-order valence-corrected chi connectivity index (χ3v) is 6.81. The third-order valence-electron chi connectivity index (χ3n) is 5.29. The number of carbonyl (C=O) groups is 1. The topological polar surface area (TPSA) is 74.2 Å². The van der Waals surface area contributed by atoms with Crippen molar-refractivity contribution in [2.75, 3.05) is 5.75 Å². The molecule has 1 unspecified atom stereocenters. The molecular formula is C25H27ClN2O3S. The maximum atomic E-state index is 13.3. The SMILES string of the molecule is CCCC[S+]([O-])N[C@@H](C)c1cc(=O)n(C)cc1-c1ccccc1C(=O)c1ccc(Cl)cc1. The average molecular weight is 471 g/mol. The molecule has 0 fully saturated rings. The first-order chi connectivity index (χ1) is 15.3. The van der Waals surface area contributed by atoms with Gasteiger partial charge in [-0.15, -0.1) is 4.72 Å². The van der Waals surface area contributed by atoms with Crippen LogP contribution in [0.25, 0.3) is 11.1 Å². The molecule has 7 heteroatoms. The van der Waals surface area contributed by atoms with Crippen LogP contribution in [0, 0.1) is 0 Å². The highest BCUT2D eigenvalue weighted by molar-refractivity contribution is 7.89. The van der Waals surface area contributed by atoms with Crippen LogP contribution >= 0.6 is 11.6 Å². The second-order valence-electron chi connectivity index (χ2n) is 7.72. The minimum Gasteiger partial charge on any atom is -0.598 e. The van der Waals surface area contributed by atoms with Crippen LogP contribution in [-0.4, -0.2) is 20.7 Å². The zero-order chi connectivity index (χ0) is 23.3. The van der Waals surface area contributed by atoms with Crippen LogP contribution in [0.5, 0.6) is 0 Å². The maximum Gasteiger partial charge on any atom is 0.250 e. The van der Waals surface area contributed by atoms with Gasteiger partial charge in [-0.3, -0.25) is 9.59 Å². The van der Waals surface area contributed by atoms with Crippen LogP contribution in [0.2, 0.25) is 5.02 Å². The molecule has 0 amide bonds. The van der Waals surface area contributed by atoms with Gasteiger partial charge < -0.3 is 9.12 Å². The molecule has 0 aliphatic heterocycles. The van der Waals surface area contributed by atoms with E-state index in [1.54, 1.807) is 49.6 Å². The number of hydrogen-bond acceptors (Lipinski definition) is 4. The van der Waals surface area contributed by atoms with Gasteiger partial charge in [0.2, 0.25) is 0 Å². The van der Waals surface area contributed by atoms with Gasteiger partial charge in [-0.25, -0.2) is 0 Å². The minimum atomic E-state index is -1.21. The van der Waals surface area contributed by atoms with Crippen LogP contribution < -0.4 is 10.3 Å². The van der Waals surface area contributed by atoms with Gasteiger partial charge in [0.15, 0.2) is 5.78 Å². The standard InChI is InChI=1S/C25H27ClN2O3S/c1-4-5-14-32(31)27-17(2)22-15-24(29)28(3)16-23(22)20-8-6-7-9-21(20)25(30)18-10-12-19(26)13-11-18/h6-13,15-17,27H,4-5,14H2,1-3H3/t17-,32?/m0/s1. The van der Waals surface area contributed by atoms with Gasteiger partial charge in [0.1, 0.15) is 5.75 Å². The molecule has 32 heavy (non-hydrogen) atoms. The molecular weight excluding hydrogens is 444 g/mol. The maximum absolute atomic E-state index is 13.3. The Hall–Kier alpha value is -2.38. The van der Waals surface area contributed by atoms with Gasteiger partial charge in [-0.1, -0.05) is 49.2 Å². The Morgan fingerprint density at radius 1 is 1.16 bits per heavy atom. The molecule has 0 bridgehead atoms. The first-order valence-electron chi connectivity index (χ1n) is 10.6. The number of hydrogen-bond donors (Lipinski definition) is 1. The van der Waals surface area contributed by atoms with Gasteiger partial charge in [-0.2, -0.15) is 0 Å². The lowest BCUT2D eigenvalue weighted by atomic mass is 9.91. The largest absolute Gasteiger partial charge is 0.598 e. The van der Waals surface area contributed by atoms with Crippen LogP contribution in [-0.2, 0) is 18.4 Å². The highest BCUT2D eigenvalue weighted by atomic mass is 35.5. The Labute approximate surface area is 196 Å². The van der Waals surface area contributed by atoms with E-state index in [0.717, 1.165) is 18.4 Å². The Bertz CT molecular complexity index is 1140. The second kappa shape index (κ2) is 11.0. The van der Waals surface area contributed by atoms with E-state index in [-0.39, 0.29) is 17.4 Å². The predicted molar refractivity (Wildman–Crippen MR) is 131 cm³/mol. The molecule has 0 spiro atoms. The van der Waals surface area contributed by atoms with Gasteiger partial charge in [0, 0.05) is 52.4 Å². The van der Waals surface area contributed by atoms with Crippen LogP contribution in [0.4, 0.5) is 0 Å². The van der Waals surface area contributed by atoms with Crippen LogP contribution in [0.15, 0.2) is 65.6 Å². The van der Waals surface area contributed by atoms with E-state index in [1.807, 2.05) is 32.0 Å². The molecule has 0 aliphatic carbocycles. The van der Waals surface area contributed by atoms with E-state index < -0.39 is 11.4 Å². The summed E-state index contributed by atoms with van der Waals surface area (Å²) in [6, 6.07) is 15.3. The molecule has 5 nitrogen and oxygen atoms in total. The number of aromatic nitrogens is 1. The molecule has 2 atom stereocenters. The summed E-state index contributed by atoms with van der Waals surface area (Å²) in [5.74, 6) is 0.413. The number of benzene rings is 2. The second-order valence-corrected chi connectivity index (χ2v) is 9.49. The number of unbranched alkanes of at least 4 members (excludes halogenated alkanes) is 1. The molecule has 3 rings (SSSR count). The first-order valence-corrected chi connectivity index (χ1v) is 12.3. The number of pyridine rings is 1. The molecule has 1 heterocycles. The first kappa shape index (κ1) is 24.3. The summed E-state index contributed by atoms with van der Waals surface area (Å²) in [5.41, 5.74) is 3.05. The lowest BCUT2D eigenvalue weighted by Crippen LogP contribution is -2.30. The van der Waals surface area contributed by atoms with Crippen LogP contribution in [0.3, 0.4) is 0 Å². The molecule has 3 aromatic rings. The lowest BCUT2D eigenvalue weighted by molar-refractivity contribution is 0.103. The fraction of sp³-hybridized carbons (Fsp3) is 0.280. The quantitative estimate of drug-likeness (QED) is 0.350. The van der Waals surface area contributed by atoms with Crippen molar-refractivity contribution in [1.29, 1.82) is 0 Å². The Morgan fingerprint density at radius 3 is 2.53 bits per heavy atom. The smallest absolute Gasteiger partial charge is 0.250 e. The number of nitrogens with zero attached hydrogens (tertiary/aromatic N) is 1. The van der Waals surface area contributed by atoms with Gasteiger partial charge >= 0.3 is 0 Å². The number of rotatable bonds is 9. The van der Waals surface area contributed by atoms with E-state index in [1.165, 1.54) is 4.57 Å². The zero-order valence-corrected chi connectivity index (χ0v) is 20.0. The minimum absolute atomic E-state index is 0.135. The molecule has 2 aromatic carbocycles. The fourth-order valence-corrected chi connectivity index (χ4v) is 4.81. The summed E-state index contributed by atoms with van der Waals surface area (Å²) in [6.45, 7) is 3.93. The molecule has 168 valence electrons. The van der Waals surface area contributed by atoms with Gasteiger partial charge in [0.25, 0.3) is 5.56 Å². The lowest BCUT2D eigenvalue weighted by Gasteiger charge is -2.21. The molecule has 0 saturated heterocycles. The Kier molecular flexibility index (Phi) is 8.32. The molecule has 0 saturated carbocycles. The van der Waals surface area contributed by atoms with Gasteiger partial charge in [0.05, 0.1) is 6.04 Å². The third kappa shape index (κ3) is 5.70. The van der Waals surface area contributed by atoms with Crippen LogP contribution in [0.1, 0.15) is 54.2 Å². The molecule has 0 aliphatic rings. The normalized spacial score (nSPS) is 13.0. The van der Waals surface area contributed by atoms with Crippen molar-refractivity contribution in [2.45, 2.75) is 32.7 Å². The highest BCUT2D eigenvalue weighted by Gasteiger charge is 2.22. The van der Waals surface area contributed by atoms with Crippen molar-refractivity contribution < 1.29 is 9.35 Å². The number of halogens is 1. The fourth-order valence-electron chi connectivity index (χ4n) is 3.50. The number of nitrogens with one attached hydrogen (secondary N) is 1. The number of carbonyl (C=O) groups excluding carboxylic acids is 1. The van der Waals surface area contributed by atoms with E-state index in [9.17, 15) is 14.1 Å². The van der Waals surface area contributed by atoms with E-state index >= 15 is 0 Å². The Balaban J connectivity index is 2.06. The summed E-state index contributed by atoms with van der Waals surface area (Å²) in [4.78, 5) is 25.7. The highest BCUT2D eigenvalue weighted by Crippen LogP contribution is 2.31. The van der Waals surface area contributed by atoms with Gasteiger partial charge in [-0.05, 0) is 48.7 Å². The molecule has 1 aromatic heterocycles. The van der Waals surface area contributed by atoms with E-state index in [0.29, 0.717) is 33.0 Å². The summed E-state index contributed by atoms with van der Waals surface area (Å²) in [7, 11) is 1.68. The summed E-state index contributed by atoms with van der Waals surface area (Å²) >= 11 is 4.76. The van der Waals surface area contributed by atoms with E-state index in [4.69, 9.17) is 11.6 Å². The van der Waals surface area contributed by atoms with Crippen molar-refractivity contribution in [2.24, 2.45) is 7.05 Å². The van der Waals surface area contributed by atoms with Crippen molar-refractivity contribution in [3.8, 4) is 11.1 Å². The summed E-state index contributed by atoms with van der Waals surface area (Å²) in [6.07, 6.45) is 3.55.